The second-order valence-corrected chi connectivity index (χ2v) is 6.77. The van der Waals surface area contributed by atoms with Gasteiger partial charge in [-0.3, -0.25) is 0 Å². The Morgan fingerprint density at radius 1 is 1.25 bits per heavy atom. The van der Waals surface area contributed by atoms with Gasteiger partial charge in [0.1, 0.15) is 0 Å². The second kappa shape index (κ2) is 5.74. The predicted octanol–water partition coefficient (Wildman–Crippen LogP) is 2.35. The maximum atomic E-state index is 3.82. The van der Waals surface area contributed by atoms with Crippen LogP contribution in [0.1, 0.15) is 38.5 Å². The van der Waals surface area contributed by atoms with Crippen LogP contribution in [0.4, 0.5) is 0 Å². The molecule has 2 rings (SSSR count). The third-order valence-corrected chi connectivity index (χ3v) is 5.58. The molecule has 1 atom stereocenters. The van der Waals surface area contributed by atoms with Gasteiger partial charge in [-0.1, -0.05) is 12.8 Å². The molecule has 1 aliphatic carbocycles. The number of hydrogen-bond acceptors (Lipinski definition) is 3. The van der Waals surface area contributed by atoms with Crippen molar-refractivity contribution in [3.05, 3.63) is 0 Å². The molecule has 0 aromatic carbocycles. The number of rotatable bonds is 4. The molecular formula is C13H26N2S. The van der Waals surface area contributed by atoms with Crippen molar-refractivity contribution in [1.29, 1.82) is 0 Å². The van der Waals surface area contributed by atoms with Crippen LogP contribution in [-0.4, -0.2) is 48.6 Å². The Labute approximate surface area is 105 Å². The Balaban J connectivity index is 1.81. The summed E-state index contributed by atoms with van der Waals surface area (Å²) in [6.45, 7) is 1.20. The first kappa shape index (κ1) is 12.7. The molecule has 0 aromatic rings. The molecule has 16 heavy (non-hydrogen) atoms. The summed E-state index contributed by atoms with van der Waals surface area (Å²) >= 11 is 2.12. The summed E-state index contributed by atoms with van der Waals surface area (Å²) in [5.74, 6) is 2.69. The average Bonchev–Trinajstić information content (AvgIpc) is 2.78. The molecule has 2 nitrogen and oxygen atoms in total. The summed E-state index contributed by atoms with van der Waals surface area (Å²) < 4.78 is 0. The van der Waals surface area contributed by atoms with Gasteiger partial charge in [0.05, 0.1) is 0 Å². The van der Waals surface area contributed by atoms with E-state index < -0.39 is 0 Å². The highest BCUT2D eigenvalue weighted by Gasteiger charge is 2.36. The zero-order chi connectivity index (χ0) is 11.4. The fraction of sp³-hybridized carbons (Fsp3) is 1.00. The summed E-state index contributed by atoms with van der Waals surface area (Å²) in [6, 6.07) is 0.774. The second-order valence-electron chi connectivity index (χ2n) is 5.62. The van der Waals surface area contributed by atoms with Gasteiger partial charge < -0.3 is 10.2 Å². The van der Waals surface area contributed by atoms with E-state index in [1.807, 2.05) is 0 Å². The topological polar surface area (TPSA) is 15.3 Å². The van der Waals surface area contributed by atoms with Gasteiger partial charge >= 0.3 is 0 Å². The van der Waals surface area contributed by atoms with Crippen molar-refractivity contribution in [2.45, 2.75) is 50.1 Å². The van der Waals surface area contributed by atoms with Crippen LogP contribution < -0.4 is 5.32 Å². The van der Waals surface area contributed by atoms with Crippen molar-refractivity contribution in [3.63, 3.8) is 0 Å². The van der Waals surface area contributed by atoms with E-state index >= 15 is 0 Å². The lowest BCUT2D eigenvalue weighted by atomic mass is 9.95. The van der Waals surface area contributed by atoms with Gasteiger partial charge in [-0.15, -0.1) is 0 Å². The van der Waals surface area contributed by atoms with E-state index in [1.165, 1.54) is 56.6 Å². The number of likely N-dealkylation sites (N-methyl/N-ethyl adjacent to an activating group) is 1. The average molecular weight is 242 g/mol. The molecule has 3 heteroatoms. The van der Waals surface area contributed by atoms with Crippen molar-refractivity contribution in [3.8, 4) is 0 Å². The standard InChI is InChI=1S/C13H26N2S/c1-15(2)13(7-3-4-8-13)11-14-12-6-5-9-16-10-12/h12,14H,3-11H2,1-2H3/t12-/m0/s1. The first-order valence-electron chi connectivity index (χ1n) is 6.71. The molecule has 1 saturated carbocycles. The Morgan fingerprint density at radius 3 is 2.56 bits per heavy atom. The third kappa shape index (κ3) is 2.93. The van der Waals surface area contributed by atoms with Crippen molar-refractivity contribution < 1.29 is 0 Å². The van der Waals surface area contributed by atoms with Gasteiger partial charge in [0.2, 0.25) is 0 Å². The molecule has 0 bridgehead atoms. The van der Waals surface area contributed by atoms with Crippen molar-refractivity contribution in [2.24, 2.45) is 0 Å². The zero-order valence-electron chi connectivity index (χ0n) is 10.8. The van der Waals surface area contributed by atoms with E-state index in [2.05, 4.69) is 36.1 Å². The molecule has 2 fully saturated rings. The fourth-order valence-corrected chi connectivity index (χ4v) is 4.16. The van der Waals surface area contributed by atoms with Crippen LogP contribution >= 0.6 is 11.8 Å². The molecule has 0 amide bonds. The molecule has 1 aliphatic heterocycles. The quantitative estimate of drug-likeness (QED) is 0.815. The third-order valence-electron chi connectivity index (χ3n) is 4.36. The van der Waals surface area contributed by atoms with E-state index in [4.69, 9.17) is 0 Å². The van der Waals surface area contributed by atoms with Crippen molar-refractivity contribution in [1.82, 2.24) is 10.2 Å². The Bertz CT molecular complexity index is 206. The largest absolute Gasteiger partial charge is 0.311 e. The summed E-state index contributed by atoms with van der Waals surface area (Å²) in [6.07, 6.45) is 8.38. The monoisotopic (exact) mass is 242 g/mol. The summed E-state index contributed by atoms with van der Waals surface area (Å²) in [4.78, 5) is 2.46. The van der Waals surface area contributed by atoms with Gasteiger partial charge in [0.15, 0.2) is 0 Å². The lowest BCUT2D eigenvalue weighted by Gasteiger charge is -2.38. The maximum absolute atomic E-state index is 3.82. The van der Waals surface area contributed by atoms with Crippen LogP contribution in [0.3, 0.4) is 0 Å². The molecular weight excluding hydrogens is 216 g/mol. The molecule has 1 N–H and O–H groups in total. The minimum Gasteiger partial charge on any atom is -0.311 e. The summed E-state index contributed by atoms with van der Waals surface area (Å²) in [7, 11) is 4.51. The first-order valence-corrected chi connectivity index (χ1v) is 7.87. The summed E-state index contributed by atoms with van der Waals surface area (Å²) in [5.41, 5.74) is 0.460. The van der Waals surface area contributed by atoms with Gasteiger partial charge in [-0.25, -0.2) is 0 Å². The fourth-order valence-electron chi connectivity index (χ4n) is 3.05. The molecule has 2 aliphatic rings. The van der Waals surface area contributed by atoms with Crippen LogP contribution in [0.2, 0.25) is 0 Å². The molecule has 1 heterocycles. The number of hydrogen-bond donors (Lipinski definition) is 1. The Hall–Kier alpha value is 0.270. The van der Waals surface area contributed by atoms with Crippen LogP contribution in [-0.2, 0) is 0 Å². The normalized spacial score (nSPS) is 29.8. The number of nitrogens with one attached hydrogen (secondary N) is 1. The summed E-state index contributed by atoms with van der Waals surface area (Å²) in [5, 5.41) is 3.82. The minimum atomic E-state index is 0.460. The lowest BCUT2D eigenvalue weighted by Crippen LogP contribution is -2.52. The Kier molecular flexibility index (Phi) is 4.57. The molecule has 0 spiro atoms. The smallest absolute Gasteiger partial charge is 0.0327 e. The van der Waals surface area contributed by atoms with Crippen LogP contribution in [0, 0.1) is 0 Å². The first-order chi connectivity index (χ1) is 7.73. The highest BCUT2D eigenvalue weighted by molar-refractivity contribution is 7.99. The van der Waals surface area contributed by atoms with Crippen LogP contribution in [0.15, 0.2) is 0 Å². The highest BCUT2D eigenvalue weighted by atomic mass is 32.2. The number of thioether (sulfide) groups is 1. The molecule has 0 radical (unpaired) electrons. The predicted molar refractivity (Wildman–Crippen MR) is 73.2 cm³/mol. The van der Waals surface area contributed by atoms with E-state index in [0.29, 0.717) is 5.54 Å². The molecule has 1 saturated heterocycles. The molecule has 0 unspecified atom stereocenters. The van der Waals surface area contributed by atoms with Crippen LogP contribution in [0.25, 0.3) is 0 Å². The van der Waals surface area contributed by atoms with E-state index in [0.717, 1.165) is 6.04 Å². The van der Waals surface area contributed by atoms with E-state index in [1.54, 1.807) is 0 Å². The lowest BCUT2D eigenvalue weighted by molar-refractivity contribution is 0.149. The van der Waals surface area contributed by atoms with E-state index in [9.17, 15) is 0 Å². The van der Waals surface area contributed by atoms with Gasteiger partial charge in [0, 0.05) is 23.9 Å². The maximum Gasteiger partial charge on any atom is 0.0327 e. The number of nitrogens with zero attached hydrogens (tertiary/aromatic N) is 1. The Morgan fingerprint density at radius 2 is 2.00 bits per heavy atom. The molecule has 94 valence electrons. The van der Waals surface area contributed by atoms with Crippen LogP contribution in [0.5, 0.6) is 0 Å². The van der Waals surface area contributed by atoms with Gasteiger partial charge in [0.25, 0.3) is 0 Å². The SMILES string of the molecule is CN(C)C1(CN[C@H]2CCCSC2)CCCC1. The zero-order valence-corrected chi connectivity index (χ0v) is 11.6. The van der Waals surface area contributed by atoms with Crippen molar-refractivity contribution >= 4 is 11.8 Å². The van der Waals surface area contributed by atoms with E-state index in [-0.39, 0.29) is 0 Å². The molecule has 0 aromatic heterocycles. The highest BCUT2D eigenvalue weighted by Crippen LogP contribution is 2.33. The minimum absolute atomic E-state index is 0.460. The van der Waals surface area contributed by atoms with Gasteiger partial charge in [-0.2, -0.15) is 11.8 Å². The van der Waals surface area contributed by atoms with Gasteiger partial charge in [-0.05, 0) is 45.5 Å². The van der Waals surface area contributed by atoms with Crippen molar-refractivity contribution in [2.75, 3.05) is 32.1 Å².